The highest BCUT2D eigenvalue weighted by Gasteiger charge is 2.30. The number of hydrogen-bond acceptors (Lipinski definition) is 7. The fraction of sp³-hybridized carbons (Fsp3) is 0.522. The number of hydrogen-bond donors (Lipinski definition) is 3. The number of rotatable bonds is 9. The van der Waals surface area contributed by atoms with Gasteiger partial charge in [0.05, 0.1) is 23.4 Å². The van der Waals surface area contributed by atoms with Gasteiger partial charge >= 0.3 is 0 Å². The van der Waals surface area contributed by atoms with Crippen LogP contribution in [0.15, 0.2) is 27.8 Å². The number of phenolic OH excluding ortho intramolecular Hbond substituents is 1. The Hall–Kier alpha value is -2.87. The molecule has 2 atom stereocenters. The summed E-state index contributed by atoms with van der Waals surface area (Å²) in [5, 5.41) is 16.6. The summed E-state index contributed by atoms with van der Waals surface area (Å²) in [7, 11) is 3.17. The molecule has 8 nitrogen and oxygen atoms in total. The molecule has 168 valence electrons. The lowest BCUT2D eigenvalue weighted by Crippen LogP contribution is -2.44. The average molecular weight is 430 g/mol. The van der Waals surface area contributed by atoms with Crippen LogP contribution in [0.1, 0.15) is 55.8 Å². The zero-order valence-electron chi connectivity index (χ0n) is 18.4. The molecule has 0 heterocycles. The monoisotopic (exact) mass is 429 g/mol. The smallest absolute Gasteiger partial charge is 0.257 e. The number of nitrogens with one attached hydrogen (secondary N) is 2. The van der Waals surface area contributed by atoms with E-state index in [1.165, 1.54) is 11.0 Å². The van der Waals surface area contributed by atoms with Crippen molar-refractivity contribution in [2.45, 2.75) is 57.6 Å². The molecule has 0 radical (unpaired) electrons. The Labute approximate surface area is 181 Å². The van der Waals surface area contributed by atoms with Crippen LogP contribution in [0.3, 0.4) is 0 Å². The third kappa shape index (κ3) is 4.90. The Bertz CT molecular complexity index is 994. The summed E-state index contributed by atoms with van der Waals surface area (Å²) >= 11 is 0. The van der Waals surface area contributed by atoms with Crippen LogP contribution in [0, 0.1) is 0 Å². The van der Waals surface area contributed by atoms with Crippen molar-refractivity contribution in [1.82, 2.24) is 4.90 Å². The molecular weight excluding hydrogens is 398 g/mol. The first-order valence-corrected chi connectivity index (χ1v) is 10.9. The summed E-state index contributed by atoms with van der Waals surface area (Å²) in [6, 6.07) is 4.62. The first-order valence-electron chi connectivity index (χ1n) is 10.9. The van der Waals surface area contributed by atoms with Gasteiger partial charge in [0.25, 0.3) is 16.8 Å². The number of unbranched alkanes of at least 4 members (excludes halogenated alkanes) is 1. The predicted octanol–water partition coefficient (Wildman–Crippen LogP) is 2.97. The minimum atomic E-state index is -0.648. The molecule has 8 heteroatoms. The van der Waals surface area contributed by atoms with Crippen LogP contribution in [0.2, 0.25) is 0 Å². The van der Waals surface area contributed by atoms with Crippen LogP contribution >= 0.6 is 0 Å². The highest BCUT2D eigenvalue weighted by atomic mass is 16.5. The average Bonchev–Trinajstić information content (AvgIpc) is 2.77. The molecule has 2 aromatic rings. The van der Waals surface area contributed by atoms with E-state index in [9.17, 15) is 19.5 Å². The van der Waals surface area contributed by atoms with Crippen LogP contribution in [-0.4, -0.2) is 48.8 Å². The highest BCUT2D eigenvalue weighted by molar-refractivity contribution is 5.99. The van der Waals surface area contributed by atoms with E-state index in [2.05, 4.69) is 17.6 Å². The Morgan fingerprint density at radius 2 is 1.87 bits per heavy atom. The Balaban J connectivity index is 1.79. The number of benzene rings is 1. The summed E-state index contributed by atoms with van der Waals surface area (Å²) in [4.78, 5) is 38.1. The van der Waals surface area contributed by atoms with Crippen LogP contribution in [0.4, 0.5) is 17.1 Å². The predicted molar refractivity (Wildman–Crippen MR) is 121 cm³/mol. The molecule has 0 aliphatic heterocycles. The van der Waals surface area contributed by atoms with Crippen molar-refractivity contribution in [2.24, 2.45) is 0 Å². The fourth-order valence-corrected chi connectivity index (χ4v) is 3.87. The Morgan fingerprint density at radius 3 is 2.58 bits per heavy atom. The maximum atomic E-state index is 12.3. The Kier molecular flexibility index (Phi) is 7.33. The second-order valence-electron chi connectivity index (χ2n) is 8.23. The maximum absolute atomic E-state index is 12.3. The molecule has 1 saturated carbocycles. The second kappa shape index (κ2) is 9.96. The molecule has 1 aliphatic carbocycles. The van der Waals surface area contributed by atoms with Gasteiger partial charge < -0.3 is 25.4 Å². The van der Waals surface area contributed by atoms with Crippen LogP contribution < -0.4 is 21.5 Å². The molecule has 0 spiro atoms. The molecule has 2 aromatic carbocycles. The normalized spacial score (nSPS) is 18.7. The minimum absolute atomic E-state index is 0.00741. The number of carbonyl (C=O) groups excluding carboxylic acids is 1. The highest BCUT2D eigenvalue weighted by Crippen LogP contribution is 2.33. The van der Waals surface area contributed by atoms with Crippen molar-refractivity contribution >= 4 is 23.0 Å². The van der Waals surface area contributed by atoms with Gasteiger partial charge in [0.2, 0.25) is 0 Å². The third-order valence-corrected chi connectivity index (χ3v) is 5.70. The van der Waals surface area contributed by atoms with Gasteiger partial charge in [-0.2, -0.15) is 0 Å². The summed E-state index contributed by atoms with van der Waals surface area (Å²) in [5.74, 6) is -0.627. The van der Waals surface area contributed by atoms with Crippen molar-refractivity contribution in [3.63, 3.8) is 0 Å². The first kappa shape index (κ1) is 22.8. The molecule has 1 amide bonds. The molecule has 0 unspecified atom stereocenters. The van der Waals surface area contributed by atoms with E-state index in [1.54, 1.807) is 26.2 Å². The van der Waals surface area contributed by atoms with E-state index in [0.29, 0.717) is 6.61 Å². The molecule has 1 aliphatic rings. The van der Waals surface area contributed by atoms with E-state index >= 15 is 0 Å². The van der Waals surface area contributed by atoms with Gasteiger partial charge in [-0.1, -0.05) is 32.3 Å². The fourth-order valence-electron chi connectivity index (χ4n) is 3.87. The van der Waals surface area contributed by atoms with Crippen LogP contribution in [-0.2, 0) is 4.74 Å². The second-order valence-corrected chi connectivity index (χ2v) is 8.23. The quantitative estimate of drug-likeness (QED) is 0.319. The van der Waals surface area contributed by atoms with E-state index < -0.39 is 10.9 Å². The summed E-state index contributed by atoms with van der Waals surface area (Å²) < 4.78 is 6.02. The van der Waals surface area contributed by atoms with Gasteiger partial charge in [-0.25, -0.2) is 0 Å². The van der Waals surface area contributed by atoms with Gasteiger partial charge in [0.15, 0.2) is 5.75 Å². The SMILES string of the molecule is CCCCO[C@@H]1CCCC[C@H]1Nc1c(Nc2cccc(C(=O)N(C)C)c2O)c(=O)c1=O. The van der Waals surface area contributed by atoms with Crippen molar-refractivity contribution in [1.29, 1.82) is 0 Å². The number of amides is 1. The molecule has 0 aromatic heterocycles. The van der Waals surface area contributed by atoms with E-state index in [4.69, 9.17) is 4.74 Å². The van der Waals surface area contributed by atoms with E-state index in [-0.39, 0.29) is 46.4 Å². The standard InChI is InChI=1S/C23H31N3O5/c1-4-5-13-31-17-12-7-6-10-15(17)24-18-19(22(29)21(18)28)25-16-11-8-9-14(20(16)27)23(30)26(2)3/h8-9,11,15,17,24-25,27H,4-7,10,12-13H2,1-3H3/t15-,17-/m1/s1. The minimum Gasteiger partial charge on any atom is -0.505 e. The van der Waals surface area contributed by atoms with E-state index in [0.717, 1.165) is 38.5 Å². The van der Waals surface area contributed by atoms with Crippen molar-refractivity contribution in [3.8, 4) is 5.75 Å². The van der Waals surface area contributed by atoms with Gasteiger partial charge in [0.1, 0.15) is 11.4 Å². The van der Waals surface area contributed by atoms with Crippen molar-refractivity contribution in [2.75, 3.05) is 31.3 Å². The molecular formula is C23H31N3O5. The van der Waals surface area contributed by atoms with Gasteiger partial charge in [-0.05, 0) is 31.4 Å². The summed E-state index contributed by atoms with van der Waals surface area (Å²) in [6.07, 6.45) is 5.90. The maximum Gasteiger partial charge on any atom is 0.257 e. The largest absolute Gasteiger partial charge is 0.505 e. The Morgan fingerprint density at radius 1 is 1.16 bits per heavy atom. The number of phenols is 1. The van der Waals surface area contributed by atoms with Gasteiger partial charge in [-0.3, -0.25) is 14.4 Å². The number of ether oxygens (including phenoxy) is 1. The molecule has 3 N–H and O–H groups in total. The topological polar surface area (TPSA) is 108 Å². The number of carbonyl (C=O) groups is 1. The molecule has 0 bridgehead atoms. The van der Waals surface area contributed by atoms with Crippen LogP contribution in [0.25, 0.3) is 0 Å². The molecule has 31 heavy (non-hydrogen) atoms. The van der Waals surface area contributed by atoms with Crippen LogP contribution in [0.5, 0.6) is 5.75 Å². The number of nitrogens with zero attached hydrogens (tertiary/aromatic N) is 1. The zero-order valence-corrected chi connectivity index (χ0v) is 18.4. The number of aromatic hydroxyl groups is 1. The third-order valence-electron chi connectivity index (χ3n) is 5.70. The first-order chi connectivity index (χ1) is 14.8. The van der Waals surface area contributed by atoms with Gasteiger partial charge in [-0.15, -0.1) is 0 Å². The lowest BCUT2D eigenvalue weighted by molar-refractivity contribution is 0.0187. The summed E-state index contributed by atoms with van der Waals surface area (Å²) in [6.45, 7) is 2.79. The number of anilines is 3. The van der Waals surface area contributed by atoms with E-state index in [1.807, 2.05) is 0 Å². The summed E-state index contributed by atoms with van der Waals surface area (Å²) in [5.41, 5.74) is -0.606. The number of para-hydroxylation sites is 1. The molecule has 0 saturated heterocycles. The van der Waals surface area contributed by atoms with Crippen molar-refractivity contribution in [3.05, 3.63) is 44.2 Å². The zero-order chi connectivity index (χ0) is 22.5. The molecule has 3 rings (SSSR count). The molecule has 1 fully saturated rings. The lowest BCUT2D eigenvalue weighted by Gasteiger charge is -2.33. The lowest BCUT2D eigenvalue weighted by atomic mass is 9.91. The van der Waals surface area contributed by atoms with Crippen molar-refractivity contribution < 1.29 is 14.6 Å². The van der Waals surface area contributed by atoms with Gasteiger partial charge in [0, 0.05) is 20.7 Å².